The van der Waals surface area contributed by atoms with Crippen molar-refractivity contribution >= 4 is 31.9 Å². The van der Waals surface area contributed by atoms with Gasteiger partial charge in [-0.2, -0.15) is 0 Å². The van der Waals surface area contributed by atoms with Crippen molar-refractivity contribution in [3.8, 4) is 0 Å². The molecule has 0 aliphatic carbocycles. The second-order valence-electron chi connectivity index (χ2n) is 6.71. The van der Waals surface area contributed by atoms with Crippen LogP contribution in [0.5, 0.6) is 0 Å². The zero-order valence-electron chi connectivity index (χ0n) is 14.5. The molecule has 25 heavy (non-hydrogen) atoms. The molecular weight excluding hydrogens is 408 g/mol. The molecule has 2 aromatic rings. The minimum Gasteiger partial charge on any atom is -0.444 e. The van der Waals surface area contributed by atoms with Crippen molar-refractivity contribution in [1.29, 1.82) is 0 Å². The summed E-state index contributed by atoms with van der Waals surface area (Å²) in [7, 11) is -3.70. The number of hydrogen-bond acceptors (Lipinski definition) is 4. The minimum atomic E-state index is -3.70. The van der Waals surface area contributed by atoms with Crippen LogP contribution in [0.4, 0.5) is 0 Å². The maximum Gasteiger partial charge on any atom is 0.287 e. The highest BCUT2D eigenvalue weighted by Gasteiger charge is 2.24. The Hall–Kier alpha value is -1.64. The molecule has 0 radical (unpaired) electrons. The number of nitrogens with one attached hydrogen (secondary N) is 2. The second-order valence-corrected chi connectivity index (χ2v) is 9.14. The normalized spacial score (nSPS) is 12.2. The fourth-order valence-corrected chi connectivity index (χ4v) is 4.46. The summed E-state index contributed by atoms with van der Waals surface area (Å²) in [6, 6.07) is 8.26. The lowest BCUT2D eigenvalue weighted by Gasteiger charge is -2.21. The quantitative estimate of drug-likeness (QED) is 0.763. The lowest BCUT2D eigenvalue weighted by atomic mass is 10.1. The molecule has 8 heteroatoms. The second kappa shape index (κ2) is 7.31. The lowest BCUT2D eigenvalue weighted by molar-refractivity contribution is 0.0920. The molecule has 2 rings (SSSR count). The van der Waals surface area contributed by atoms with Gasteiger partial charge in [-0.05, 0) is 61.3 Å². The van der Waals surface area contributed by atoms with Crippen LogP contribution < -0.4 is 10.0 Å². The zero-order chi connectivity index (χ0) is 18.8. The largest absolute Gasteiger partial charge is 0.444 e. The van der Waals surface area contributed by atoms with Crippen molar-refractivity contribution < 1.29 is 17.6 Å². The van der Waals surface area contributed by atoms with E-state index in [1.54, 1.807) is 52.0 Å². The monoisotopic (exact) mass is 428 g/mol. The molecule has 6 nitrogen and oxygen atoms in total. The summed E-state index contributed by atoms with van der Waals surface area (Å²) in [5.74, 6) is -0.209. The molecule has 1 aromatic carbocycles. The molecule has 0 aliphatic heterocycles. The number of amides is 1. The average Bonchev–Trinajstić information content (AvgIpc) is 2.81. The topological polar surface area (TPSA) is 88.4 Å². The van der Waals surface area contributed by atoms with Crippen LogP contribution >= 0.6 is 15.9 Å². The Morgan fingerprint density at radius 1 is 1.24 bits per heavy atom. The Morgan fingerprint density at radius 3 is 2.44 bits per heavy atom. The number of furan rings is 1. The molecule has 0 atom stereocenters. The van der Waals surface area contributed by atoms with Gasteiger partial charge in [-0.3, -0.25) is 4.79 Å². The molecule has 136 valence electrons. The number of rotatable bonds is 5. The van der Waals surface area contributed by atoms with Crippen molar-refractivity contribution in [3.63, 3.8) is 0 Å². The van der Waals surface area contributed by atoms with E-state index in [4.69, 9.17) is 4.42 Å². The van der Waals surface area contributed by atoms with Crippen molar-refractivity contribution in [2.24, 2.45) is 0 Å². The standard InChI is InChI=1S/C17H21BrN2O4S/c1-11-9-14(18)24-15(11)16(21)19-10-12-7-5-6-8-13(12)25(22,23)20-17(2,3)4/h5-9,20H,10H2,1-4H3,(H,19,21). The molecule has 2 N–H and O–H groups in total. The molecule has 0 spiro atoms. The Labute approximate surface area is 156 Å². The average molecular weight is 429 g/mol. The molecule has 1 amide bonds. The van der Waals surface area contributed by atoms with Gasteiger partial charge in [0, 0.05) is 17.6 Å². The number of halogens is 1. The maximum absolute atomic E-state index is 12.6. The van der Waals surface area contributed by atoms with Gasteiger partial charge in [-0.25, -0.2) is 13.1 Å². The zero-order valence-corrected chi connectivity index (χ0v) is 16.9. The van der Waals surface area contributed by atoms with Gasteiger partial charge in [0.1, 0.15) is 0 Å². The van der Waals surface area contributed by atoms with Gasteiger partial charge < -0.3 is 9.73 Å². The highest BCUT2D eigenvalue weighted by atomic mass is 79.9. The third-order valence-electron chi connectivity index (χ3n) is 3.24. The number of sulfonamides is 1. The number of aryl methyl sites for hydroxylation is 1. The van der Waals surface area contributed by atoms with Crippen molar-refractivity contribution in [2.75, 3.05) is 0 Å². The summed E-state index contributed by atoms with van der Waals surface area (Å²) in [5, 5.41) is 2.70. The summed E-state index contributed by atoms with van der Waals surface area (Å²) in [5.41, 5.74) is 0.586. The summed E-state index contributed by atoms with van der Waals surface area (Å²) in [6.07, 6.45) is 0. The maximum atomic E-state index is 12.6. The van der Waals surface area contributed by atoms with Gasteiger partial charge in [0.05, 0.1) is 4.90 Å². The van der Waals surface area contributed by atoms with Crippen LogP contribution in [-0.2, 0) is 16.6 Å². The van der Waals surface area contributed by atoms with E-state index in [9.17, 15) is 13.2 Å². The Kier molecular flexibility index (Phi) is 5.75. The lowest BCUT2D eigenvalue weighted by Crippen LogP contribution is -2.41. The fourth-order valence-electron chi connectivity index (χ4n) is 2.29. The van der Waals surface area contributed by atoms with Crippen molar-refractivity contribution in [1.82, 2.24) is 10.0 Å². The van der Waals surface area contributed by atoms with Crippen LogP contribution in [0.3, 0.4) is 0 Å². The van der Waals surface area contributed by atoms with Gasteiger partial charge in [0.25, 0.3) is 5.91 Å². The predicted octanol–water partition coefficient (Wildman–Crippen LogP) is 3.36. The van der Waals surface area contributed by atoms with Gasteiger partial charge >= 0.3 is 0 Å². The van der Waals surface area contributed by atoms with Crippen molar-refractivity contribution in [2.45, 2.75) is 44.7 Å². The van der Waals surface area contributed by atoms with E-state index in [1.165, 1.54) is 6.07 Å². The van der Waals surface area contributed by atoms with E-state index < -0.39 is 21.5 Å². The van der Waals surface area contributed by atoms with Gasteiger partial charge in [-0.15, -0.1) is 0 Å². The number of carbonyl (C=O) groups excluding carboxylic acids is 1. The first kappa shape index (κ1) is 19.7. The molecule has 0 bridgehead atoms. The summed E-state index contributed by atoms with van der Waals surface area (Å²) in [6.45, 7) is 7.14. The van der Waals surface area contributed by atoms with E-state index in [1.807, 2.05) is 0 Å². The van der Waals surface area contributed by atoms with Crippen LogP contribution in [0.25, 0.3) is 0 Å². The SMILES string of the molecule is Cc1cc(Br)oc1C(=O)NCc1ccccc1S(=O)(=O)NC(C)(C)C. The number of hydrogen-bond donors (Lipinski definition) is 2. The first-order chi connectivity index (χ1) is 11.5. The highest BCUT2D eigenvalue weighted by Crippen LogP contribution is 2.21. The van der Waals surface area contributed by atoms with E-state index in [2.05, 4.69) is 26.0 Å². The van der Waals surface area contributed by atoms with Crippen LogP contribution in [0.1, 0.15) is 42.5 Å². The van der Waals surface area contributed by atoms with E-state index in [-0.39, 0.29) is 17.2 Å². The van der Waals surface area contributed by atoms with Gasteiger partial charge in [0.2, 0.25) is 10.0 Å². The highest BCUT2D eigenvalue weighted by molar-refractivity contribution is 9.10. The number of benzene rings is 1. The van der Waals surface area contributed by atoms with E-state index >= 15 is 0 Å². The molecule has 0 saturated heterocycles. The smallest absolute Gasteiger partial charge is 0.287 e. The molecule has 1 heterocycles. The Balaban J connectivity index is 2.21. The van der Waals surface area contributed by atoms with Crippen LogP contribution in [0, 0.1) is 6.92 Å². The summed E-state index contributed by atoms with van der Waals surface area (Å²) in [4.78, 5) is 12.4. The number of carbonyl (C=O) groups is 1. The fraction of sp³-hybridized carbons (Fsp3) is 0.353. The predicted molar refractivity (Wildman–Crippen MR) is 98.8 cm³/mol. The summed E-state index contributed by atoms with van der Waals surface area (Å²) < 4.78 is 33.6. The van der Waals surface area contributed by atoms with E-state index in [0.717, 1.165) is 0 Å². The van der Waals surface area contributed by atoms with Crippen LogP contribution in [0.2, 0.25) is 0 Å². The molecular formula is C17H21BrN2O4S. The third kappa shape index (κ3) is 5.17. The Bertz CT molecular complexity index is 882. The van der Waals surface area contributed by atoms with Gasteiger partial charge in [0.15, 0.2) is 10.4 Å². The van der Waals surface area contributed by atoms with E-state index in [0.29, 0.717) is 15.8 Å². The van der Waals surface area contributed by atoms with Crippen LogP contribution in [0.15, 0.2) is 44.3 Å². The first-order valence-electron chi connectivity index (χ1n) is 7.65. The Morgan fingerprint density at radius 2 is 1.88 bits per heavy atom. The first-order valence-corrected chi connectivity index (χ1v) is 9.93. The molecule has 0 aliphatic rings. The van der Waals surface area contributed by atoms with Crippen LogP contribution in [-0.4, -0.2) is 19.9 Å². The molecule has 1 aromatic heterocycles. The molecule has 0 fully saturated rings. The van der Waals surface area contributed by atoms with Gasteiger partial charge in [-0.1, -0.05) is 18.2 Å². The minimum absolute atomic E-state index is 0.0673. The molecule has 0 unspecified atom stereocenters. The van der Waals surface area contributed by atoms with Crippen molar-refractivity contribution in [3.05, 3.63) is 51.9 Å². The molecule has 0 saturated carbocycles. The summed E-state index contributed by atoms with van der Waals surface area (Å²) >= 11 is 3.18. The third-order valence-corrected chi connectivity index (χ3v) is 5.49.